The van der Waals surface area contributed by atoms with E-state index >= 15 is 0 Å². The molecular weight excluding hydrogens is 428 g/mol. The molecule has 0 radical (unpaired) electrons. The Morgan fingerprint density at radius 1 is 1.09 bits per heavy atom. The highest BCUT2D eigenvalue weighted by Gasteiger charge is 2.20. The summed E-state index contributed by atoms with van der Waals surface area (Å²) in [7, 11) is 0. The Kier molecular flexibility index (Phi) is 5.65. The third-order valence-electron chi connectivity index (χ3n) is 4.76. The quantitative estimate of drug-likeness (QED) is 0.253. The van der Waals surface area contributed by atoms with Crippen molar-refractivity contribution in [3.63, 3.8) is 0 Å². The van der Waals surface area contributed by atoms with E-state index in [1.807, 2.05) is 32.0 Å². The second-order valence-electron chi connectivity index (χ2n) is 7.21. The molecule has 32 heavy (non-hydrogen) atoms. The molecule has 1 amide bonds. The molecule has 4 aromatic rings. The van der Waals surface area contributed by atoms with Crippen molar-refractivity contribution in [3.05, 3.63) is 87.5 Å². The maximum atomic E-state index is 12.4. The van der Waals surface area contributed by atoms with Gasteiger partial charge in [-0.05, 0) is 67.5 Å². The molecule has 0 unspecified atom stereocenters. The average Bonchev–Trinajstić information content (AvgIpc) is 3.18. The van der Waals surface area contributed by atoms with Gasteiger partial charge in [-0.15, -0.1) is 0 Å². The Balaban J connectivity index is 1.52. The Bertz CT molecular complexity index is 1380. The van der Waals surface area contributed by atoms with E-state index in [0.717, 1.165) is 27.8 Å². The van der Waals surface area contributed by atoms with Crippen molar-refractivity contribution in [3.8, 4) is 11.5 Å². The van der Waals surface area contributed by atoms with Gasteiger partial charge in [0.05, 0.1) is 4.92 Å². The highest BCUT2D eigenvalue weighted by Crippen LogP contribution is 2.28. The van der Waals surface area contributed by atoms with Crippen molar-refractivity contribution in [1.82, 2.24) is 10.3 Å². The number of nitro benzene ring substituents is 1. The van der Waals surface area contributed by atoms with Gasteiger partial charge in [0.1, 0.15) is 11.1 Å². The third-order valence-corrected chi connectivity index (χ3v) is 4.96. The minimum absolute atomic E-state index is 0.00864. The fourth-order valence-corrected chi connectivity index (χ4v) is 3.60. The summed E-state index contributed by atoms with van der Waals surface area (Å²) in [6.45, 7) is 3.98. The molecule has 0 aliphatic carbocycles. The maximum absolute atomic E-state index is 12.4. The zero-order valence-electron chi connectivity index (χ0n) is 17.2. The third kappa shape index (κ3) is 4.33. The maximum Gasteiger partial charge on any atom is 0.282 e. The molecule has 0 aliphatic heterocycles. The van der Waals surface area contributed by atoms with Crippen LogP contribution in [0, 0.1) is 24.0 Å². The first kappa shape index (κ1) is 21.1. The minimum Gasteiger partial charge on any atom is -0.436 e. The average molecular weight is 446 g/mol. The number of aromatic nitrogens is 1. The SMILES string of the molecule is Cc1cc(C)c2oc(-c3cccc(NC(=S)NC(=O)c4ccccc4[N+](=O)[O-])c3)nc2c1. The van der Waals surface area contributed by atoms with Crippen LogP contribution in [-0.4, -0.2) is 20.9 Å². The van der Waals surface area contributed by atoms with Crippen LogP contribution in [0.2, 0.25) is 0 Å². The van der Waals surface area contributed by atoms with Crippen molar-refractivity contribution < 1.29 is 14.1 Å². The number of carbonyl (C=O) groups excluding carboxylic acids is 1. The summed E-state index contributed by atoms with van der Waals surface area (Å²) in [5.41, 5.74) is 4.58. The number of aryl methyl sites for hydroxylation is 2. The van der Waals surface area contributed by atoms with Crippen LogP contribution in [-0.2, 0) is 0 Å². The number of anilines is 1. The second kappa shape index (κ2) is 8.56. The number of hydrogen-bond donors (Lipinski definition) is 2. The van der Waals surface area contributed by atoms with Gasteiger partial charge < -0.3 is 9.73 Å². The lowest BCUT2D eigenvalue weighted by atomic mass is 10.1. The van der Waals surface area contributed by atoms with Gasteiger partial charge in [-0.25, -0.2) is 4.98 Å². The van der Waals surface area contributed by atoms with Gasteiger partial charge >= 0.3 is 0 Å². The van der Waals surface area contributed by atoms with Gasteiger partial charge in [-0.3, -0.25) is 20.2 Å². The fourth-order valence-electron chi connectivity index (χ4n) is 3.39. The van der Waals surface area contributed by atoms with E-state index < -0.39 is 10.8 Å². The molecule has 9 heteroatoms. The first-order valence-corrected chi connectivity index (χ1v) is 10.1. The van der Waals surface area contributed by atoms with Crippen LogP contribution in [0.25, 0.3) is 22.6 Å². The summed E-state index contributed by atoms with van der Waals surface area (Å²) in [6.07, 6.45) is 0. The molecular formula is C23H18N4O4S. The smallest absolute Gasteiger partial charge is 0.282 e. The summed E-state index contributed by atoms with van der Waals surface area (Å²) >= 11 is 5.21. The highest BCUT2D eigenvalue weighted by molar-refractivity contribution is 7.80. The molecule has 0 spiro atoms. The summed E-state index contributed by atoms with van der Waals surface area (Å²) in [5, 5.41) is 16.5. The van der Waals surface area contributed by atoms with E-state index in [0.29, 0.717) is 11.6 Å². The van der Waals surface area contributed by atoms with Crippen molar-refractivity contribution in [2.75, 3.05) is 5.32 Å². The molecule has 4 rings (SSSR count). The number of oxazole rings is 1. The van der Waals surface area contributed by atoms with E-state index in [-0.39, 0.29) is 16.4 Å². The standard InChI is InChI=1S/C23H18N4O4S/c1-13-10-14(2)20-18(11-13)25-22(31-20)15-6-5-7-16(12-15)24-23(32)26-21(28)17-8-3-4-9-19(17)27(29)30/h3-12H,1-2H3,(H2,24,26,28,32). The van der Waals surface area contributed by atoms with Crippen LogP contribution >= 0.6 is 12.2 Å². The van der Waals surface area contributed by atoms with Crippen LogP contribution in [0.3, 0.4) is 0 Å². The monoisotopic (exact) mass is 446 g/mol. The number of amides is 1. The van der Waals surface area contributed by atoms with Crippen molar-refractivity contribution >= 4 is 45.7 Å². The number of hydrogen-bond acceptors (Lipinski definition) is 6. The zero-order valence-corrected chi connectivity index (χ0v) is 18.0. The van der Waals surface area contributed by atoms with Crippen LogP contribution in [0.15, 0.2) is 65.1 Å². The topological polar surface area (TPSA) is 110 Å². The largest absolute Gasteiger partial charge is 0.436 e. The molecule has 1 heterocycles. The number of nitrogens with zero attached hydrogens (tertiary/aromatic N) is 2. The highest BCUT2D eigenvalue weighted by atomic mass is 32.1. The number of benzene rings is 3. The lowest BCUT2D eigenvalue weighted by molar-refractivity contribution is -0.385. The zero-order chi connectivity index (χ0) is 22.8. The number of rotatable bonds is 4. The first-order valence-electron chi connectivity index (χ1n) is 9.66. The molecule has 3 aromatic carbocycles. The van der Waals surface area contributed by atoms with Crippen LogP contribution in [0.5, 0.6) is 0 Å². The van der Waals surface area contributed by atoms with Crippen LogP contribution < -0.4 is 10.6 Å². The first-order chi connectivity index (χ1) is 15.3. The van der Waals surface area contributed by atoms with Crippen molar-refractivity contribution in [1.29, 1.82) is 0 Å². The predicted octanol–water partition coefficient (Wildman–Crippen LogP) is 5.15. The van der Waals surface area contributed by atoms with E-state index in [1.165, 1.54) is 18.2 Å². The molecule has 0 atom stereocenters. The molecule has 160 valence electrons. The summed E-state index contributed by atoms with van der Waals surface area (Å²) < 4.78 is 5.95. The number of fused-ring (bicyclic) bond motifs is 1. The van der Waals surface area contributed by atoms with Crippen LogP contribution in [0.4, 0.5) is 11.4 Å². The van der Waals surface area contributed by atoms with Crippen LogP contribution in [0.1, 0.15) is 21.5 Å². The predicted molar refractivity (Wildman–Crippen MR) is 126 cm³/mol. The van der Waals surface area contributed by atoms with Gasteiger partial charge in [0.25, 0.3) is 11.6 Å². The lowest BCUT2D eigenvalue weighted by Gasteiger charge is -2.10. The second-order valence-corrected chi connectivity index (χ2v) is 7.62. The summed E-state index contributed by atoms with van der Waals surface area (Å²) in [6, 6.07) is 16.9. The molecule has 0 aliphatic rings. The number of carbonyl (C=O) groups is 1. The van der Waals surface area contributed by atoms with E-state index in [2.05, 4.69) is 15.6 Å². The number of thiocarbonyl (C=S) groups is 1. The lowest BCUT2D eigenvalue weighted by Crippen LogP contribution is -2.34. The summed E-state index contributed by atoms with van der Waals surface area (Å²) in [4.78, 5) is 27.6. The van der Waals surface area contributed by atoms with Gasteiger partial charge in [0.15, 0.2) is 10.7 Å². The molecule has 0 fully saturated rings. The molecule has 0 bridgehead atoms. The Hall–Kier alpha value is -4.11. The van der Waals surface area contributed by atoms with Gasteiger partial charge in [-0.2, -0.15) is 0 Å². The molecule has 2 N–H and O–H groups in total. The fraction of sp³-hybridized carbons (Fsp3) is 0.0870. The molecule has 8 nitrogen and oxygen atoms in total. The Morgan fingerprint density at radius 3 is 2.66 bits per heavy atom. The molecule has 0 saturated heterocycles. The van der Waals surface area contributed by atoms with E-state index in [4.69, 9.17) is 16.6 Å². The molecule has 1 aromatic heterocycles. The van der Waals surface area contributed by atoms with E-state index in [1.54, 1.807) is 24.3 Å². The molecule has 0 saturated carbocycles. The number of nitrogens with one attached hydrogen (secondary N) is 2. The van der Waals surface area contributed by atoms with Crippen molar-refractivity contribution in [2.45, 2.75) is 13.8 Å². The Morgan fingerprint density at radius 2 is 1.88 bits per heavy atom. The number of nitro groups is 1. The normalized spacial score (nSPS) is 10.7. The Labute approximate surface area is 188 Å². The van der Waals surface area contributed by atoms with Crippen molar-refractivity contribution in [2.24, 2.45) is 0 Å². The van der Waals surface area contributed by atoms with Gasteiger partial charge in [0, 0.05) is 17.3 Å². The van der Waals surface area contributed by atoms with Gasteiger partial charge in [0.2, 0.25) is 5.89 Å². The number of para-hydroxylation sites is 1. The minimum atomic E-state index is -0.671. The van der Waals surface area contributed by atoms with Gasteiger partial charge in [-0.1, -0.05) is 24.3 Å². The van der Waals surface area contributed by atoms with E-state index in [9.17, 15) is 14.9 Å². The summed E-state index contributed by atoms with van der Waals surface area (Å²) in [5.74, 6) is -0.206.